The number of thiophene rings is 1. The summed E-state index contributed by atoms with van der Waals surface area (Å²) in [5, 5.41) is 17.8. The van der Waals surface area contributed by atoms with Crippen molar-refractivity contribution in [2.24, 2.45) is 5.92 Å². The molecule has 1 unspecified atom stereocenters. The Balaban J connectivity index is 3.07. The molecule has 0 fully saturated rings. The Labute approximate surface area is 130 Å². The van der Waals surface area contributed by atoms with Gasteiger partial charge in [0.15, 0.2) is 0 Å². The van der Waals surface area contributed by atoms with Crippen molar-refractivity contribution in [1.29, 1.82) is 0 Å². The van der Waals surface area contributed by atoms with Crippen LogP contribution in [-0.2, 0) is 10.0 Å². The standard InChI is InChI=1S/C11H16BrNO5S2/c1-6(2)7(3-4-14)13-20(17,18)9-5-8(11(15)16)19-10(9)12/h5-7,13-14H,3-4H2,1-2H3,(H,15,16). The molecule has 1 rings (SSSR count). The van der Waals surface area contributed by atoms with E-state index in [0.717, 1.165) is 17.4 Å². The maximum Gasteiger partial charge on any atom is 0.345 e. The fourth-order valence-corrected chi connectivity index (χ4v) is 5.39. The summed E-state index contributed by atoms with van der Waals surface area (Å²) in [7, 11) is -3.83. The first-order valence-corrected chi connectivity index (χ1v) is 8.94. The molecule has 6 nitrogen and oxygen atoms in total. The summed E-state index contributed by atoms with van der Waals surface area (Å²) in [5.41, 5.74) is 0. The molecule has 3 N–H and O–H groups in total. The normalized spacial score (nSPS) is 13.7. The van der Waals surface area contributed by atoms with E-state index < -0.39 is 22.0 Å². The van der Waals surface area contributed by atoms with E-state index in [1.165, 1.54) is 0 Å². The number of hydrogen-bond donors (Lipinski definition) is 3. The zero-order valence-corrected chi connectivity index (χ0v) is 14.2. The van der Waals surface area contributed by atoms with E-state index in [2.05, 4.69) is 20.7 Å². The lowest BCUT2D eigenvalue weighted by Crippen LogP contribution is -2.39. The molecule has 0 bridgehead atoms. The Bertz CT molecular complexity index is 582. The highest BCUT2D eigenvalue weighted by atomic mass is 79.9. The maximum absolute atomic E-state index is 12.3. The van der Waals surface area contributed by atoms with E-state index in [0.29, 0.717) is 6.42 Å². The predicted molar refractivity (Wildman–Crippen MR) is 79.6 cm³/mol. The fourth-order valence-electron chi connectivity index (χ4n) is 1.57. The molecular weight excluding hydrogens is 370 g/mol. The molecule has 114 valence electrons. The van der Waals surface area contributed by atoms with Crippen LogP contribution < -0.4 is 4.72 Å². The topological polar surface area (TPSA) is 104 Å². The number of aliphatic hydroxyl groups excluding tert-OH is 1. The minimum Gasteiger partial charge on any atom is -0.477 e. The SMILES string of the molecule is CC(C)C(CCO)NS(=O)(=O)c1cc(C(=O)O)sc1Br. The van der Waals surface area contributed by atoms with Gasteiger partial charge in [-0.15, -0.1) is 11.3 Å². The molecule has 0 saturated heterocycles. The molecule has 1 heterocycles. The number of hydrogen-bond acceptors (Lipinski definition) is 5. The van der Waals surface area contributed by atoms with Gasteiger partial charge < -0.3 is 10.2 Å². The third kappa shape index (κ3) is 4.26. The van der Waals surface area contributed by atoms with Gasteiger partial charge in [0, 0.05) is 12.6 Å². The van der Waals surface area contributed by atoms with Crippen LogP contribution in [0.1, 0.15) is 29.9 Å². The predicted octanol–water partition coefficient (Wildman–Crippen LogP) is 1.89. The van der Waals surface area contributed by atoms with E-state index in [1.807, 2.05) is 13.8 Å². The van der Waals surface area contributed by atoms with Crippen LogP contribution in [0.3, 0.4) is 0 Å². The van der Waals surface area contributed by atoms with Crippen molar-refractivity contribution >= 4 is 43.3 Å². The highest BCUT2D eigenvalue weighted by Gasteiger charge is 2.27. The maximum atomic E-state index is 12.3. The molecule has 0 amide bonds. The quantitative estimate of drug-likeness (QED) is 0.664. The van der Waals surface area contributed by atoms with Crippen molar-refractivity contribution in [2.45, 2.75) is 31.2 Å². The summed E-state index contributed by atoms with van der Waals surface area (Å²) >= 11 is 3.92. The fraction of sp³-hybridized carbons (Fsp3) is 0.545. The number of sulfonamides is 1. The first-order valence-electron chi connectivity index (χ1n) is 5.85. The second-order valence-corrected chi connectivity index (χ2v) is 8.59. The Hall–Kier alpha value is -0.480. The molecule has 0 saturated carbocycles. The highest BCUT2D eigenvalue weighted by molar-refractivity contribution is 9.11. The lowest BCUT2D eigenvalue weighted by Gasteiger charge is -2.21. The van der Waals surface area contributed by atoms with Crippen molar-refractivity contribution in [3.63, 3.8) is 0 Å². The number of carbonyl (C=O) groups is 1. The summed E-state index contributed by atoms with van der Waals surface area (Å²) in [6, 6.07) is 0.709. The lowest BCUT2D eigenvalue weighted by atomic mass is 10.0. The van der Waals surface area contributed by atoms with Crippen LogP contribution in [0, 0.1) is 5.92 Å². The number of halogens is 1. The van der Waals surface area contributed by atoms with Crippen LogP contribution in [0.2, 0.25) is 0 Å². The van der Waals surface area contributed by atoms with Crippen molar-refractivity contribution in [3.8, 4) is 0 Å². The largest absolute Gasteiger partial charge is 0.477 e. The minimum atomic E-state index is -3.83. The first-order chi connectivity index (χ1) is 9.19. The van der Waals surface area contributed by atoms with Gasteiger partial charge >= 0.3 is 5.97 Å². The summed E-state index contributed by atoms with van der Waals surface area (Å²) < 4.78 is 27.3. The molecule has 1 aromatic heterocycles. The van der Waals surface area contributed by atoms with Crippen molar-refractivity contribution < 1.29 is 23.4 Å². The zero-order chi connectivity index (χ0) is 15.5. The van der Waals surface area contributed by atoms with E-state index >= 15 is 0 Å². The molecule has 0 aliphatic carbocycles. The molecule has 1 atom stereocenters. The molecule has 0 spiro atoms. The van der Waals surface area contributed by atoms with Gasteiger partial charge in [-0.1, -0.05) is 13.8 Å². The third-order valence-corrected chi connectivity index (χ3v) is 6.44. The van der Waals surface area contributed by atoms with Gasteiger partial charge in [-0.05, 0) is 34.3 Å². The van der Waals surface area contributed by atoms with Crippen LogP contribution in [0.15, 0.2) is 14.7 Å². The van der Waals surface area contributed by atoms with Gasteiger partial charge in [0.1, 0.15) is 9.77 Å². The van der Waals surface area contributed by atoms with Crippen LogP contribution >= 0.6 is 27.3 Å². The van der Waals surface area contributed by atoms with Crippen molar-refractivity contribution in [2.75, 3.05) is 6.61 Å². The Morgan fingerprint density at radius 3 is 2.50 bits per heavy atom. The van der Waals surface area contributed by atoms with E-state index in [9.17, 15) is 13.2 Å². The molecule has 0 aliphatic heterocycles. The van der Waals surface area contributed by atoms with Crippen LogP contribution in [-0.4, -0.2) is 37.2 Å². The first kappa shape index (κ1) is 17.6. The molecule has 20 heavy (non-hydrogen) atoms. The van der Waals surface area contributed by atoms with Gasteiger partial charge in [0.25, 0.3) is 0 Å². The second kappa shape index (κ2) is 6.99. The third-order valence-electron chi connectivity index (χ3n) is 2.71. The number of rotatable bonds is 7. The van der Waals surface area contributed by atoms with Gasteiger partial charge in [0.2, 0.25) is 10.0 Å². The molecule has 0 aliphatic rings. The van der Waals surface area contributed by atoms with Gasteiger partial charge in [-0.2, -0.15) is 0 Å². The van der Waals surface area contributed by atoms with Crippen molar-refractivity contribution in [3.05, 3.63) is 14.7 Å². The van der Waals surface area contributed by atoms with E-state index in [1.54, 1.807) is 0 Å². The number of aliphatic hydroxyl groups is 1. The molecule has 1 aromatic rings. The molecule has 0 aromatic carbocycles. The average Bonchev–Trinajstić information content (AvgIpc) is 2.71. The highest BCUT2D eigenvalue weighted by Crippen LogP contribution is 2.32. The van der Waals surface area contributed by atoms with Crippen molar-refractivity contribution in [1.82, 2.24) is 4.72 Å². The van der Waals surface area contributed by atoms with Crippen LogP contribution in [0.4, 0.5) is 0 Å². The van der Waals surface area contributed by atoms with Gasteiger partial charge in [0.05, 0.1) is 3.79 Å². The second-order valence-electron chi connectivity index (χ2n) is 4.54. The van der Waals surface area contributed by atoms with E-state index in [-0.39, 0.29) is 26.1 Å². The summed E-state index contributed by atoms with van der Waals surface area (Å²) in [6.45, 7) is 3.55. The number of nitrogens with one attached hydrogen (secondary N) is 1. The van der Waals surface area contributed by atoms with Gasteiger partial charge in [-0.3, -0.25) is 0 Å². The number of carboxylic acids is 1. The molecular formula is C11H16BrNO5S2. The molecule has 9 heteroatoms. The minimum absolute atomic E-state index is 0.00767. The zero-order valence-electron chi connectivity index (χ0n) is 11.0. The monoisotopic (exact) mass is 385 g/mol. The number of carboxylic acid groups (broad SMARTS) is 1. The summed E-state index contributed by atoms with van der Waals surface area (Å²) in [5.74, 6) is -1.17. The smallest absolute Gasteiger partial charge is 0.345 e. The molecule has 0 radical (unpaired) electrons. The van der Waals surface area contributed by atoms with Crippen LogP contribution in [0.25, 0.3) is 0 Å². The summed E-state index contributed by atoms with van der Waals surface area (Å²) in [4.78, 5) is 10.7. The lowest BCUT2D eigenvalue weighted by molar-refractivity contribution is 0.0702. The van der Waals surface area contributed by atoms with E-state index in [4.69, 9.17) is 10.2 Å². The Morgan fingerprint density at radius 2 is 2.10 bits per heavy atom. The average molecular weight is 386 g/mol. The van der Waals surface area contributed by atoms with Gasteiger partial charge in [-0.25, -0.2) is 17.9 Å². The number of aromatic carboxylic acids is 1. The summed E-state index contributed by atoms with van der Waals surface area (Å²) in [6.07, 6.45) is 0.296. The Kier molecular flexibility index (Phi) is 6.14. The van der Waals surface area contributed by atoms with Crippen LogP contribution in [0.5, 0.6) is 0 Å². The Morgan fingerprint density at radius 1 is 1.50 bits per heavy atom.